The van der Waals surface area contributed by atoms with Gasteiger partial charge >= 0.3 is 0 Å². The van der Waals surface area contributed by atoms with Crippen molar-refractivity contribution >= 4 is 11.6 Å². The van der Waals surface area contributed by atoms with Gasteiger partial charge in [0.25, 0.3) is 0 Å². The maximum absolute atomic E-state index is 12.8. The number of rotatable bonds is 2. The first-order chi connectivity index (χ1) is 8.20. The highest BCUT2D eigenvalue weighted by atomic mass is 35.5. The van der Waals surface area contributed by atoms with E-state index in [1.54, 1.807) is 36.4 Å². The lowest BCUT2D eigenvalue weighted by Gasteiger charge is -2.09. The van der Waals surface area contributed by atoms with Crippen molar-refractivity contribution in [3.8, 4) is 6.07 Å². The van der Waals surface area contributed by atoms with E-state index in [0.29, 0.717) is 5.02 Å². The molecular formula is C14H9ClFN. The van der Waals surface area contributed by atoms with E-state index < -0.39 is 5.92 Å². The standard InChI is InChI=1S/C14H9ClFN/c15-12-5-1-10(2-6-12)14(9-17)11-3-7-13(16)8-4-11/h1-8,14H. The highest BCUT2D eigenvalue weighted by molar-refractivity contribution is 6.30. The van der Waals surface area contributed by atoms with Gasteiger partial charge in [0.15, 0.2) is 0 Å². The Balaban J connectivity index is 2.37. The Kier molecular flexibility index (Phi) is 3.41. The van der Waals surface area contributed by atoms with Crippen LogP contribution in [0.4, 0.5) is 4.39 Å². The van der Waals surface area contributed by atoms with Gasteiger partial charge in [-0.2, -0.15) is 5.26 Å². The third kappa shape index (κ3) is 2.64. The molecule has 0 aliphatic rings. The number of benzene rings is 2. The molecule has 3 heteroatoms. The Morgan fingerprint density at radius 2 is 1.41 bits per heavy atom. The van der Waals surface area contributed by atoms with E-state index in [0.717, 1.165) is 11.1 Å². The summed E-state index contributed by atoms with van der Waals surface area (Å²) < 4.78 is 12.8. The molecule has 0 amide bonds. The van der Waals surface area contributed by atoms with Crippen molar-refractivity contribution in [2.75, 3.05) is 0 Å². The first-order valence-corrected chi connectivity index (χ1v) is 5.49. The van der Waals surface area contributed by atoms with Gasteiger partial charge in [0.1, 0.15) is 5.82 Å². The van der Waals surface area contributed by atoms with Crippen LogP contribution in [0.1, 0.15) is 17.0 Å². The van der Waals surface area contributed by atoms with Crippen LogP contribution in [0.15, 0.2) is 48.5 Å². The van der Waals surface area contributed by atoms with Gasteiger partial charge in [0, 0.05) is 5.02 Å². The molecule has 0 aromatic heterocycles. The highest BCUT2D eigenvalue weighted by Crippen LogP contribution is 2.25. The molecule has 2 aromatic carbocycles. The van der Waals surface area contributed by atoms with Crippen LogP contribution < -0.4 is 0 Å². The van der Waals surface area contributed by atoms with Gasteiger partial charge in [-0.1, -0.05) is 35.9 Å². The molecule has 0 saturated carbocycles. The summed E-state index contributed by atoms with van der Waals surface area (Å²) in [4.78, 5) is 0. The minimum absolute atomic E-state index is 0.304. The number of halogens is 2. The summed E-state index contributed by atoms with van der Waals surface area (Å²) in [5.74, 6) is -0.700. The Hall–Kier alpha value is -1.85. The van der Waals surface area contributed by atoms with Gasteiger partial charge < -0.3 is 0 Å². The largest absolute Gasteiger partial charge is 0.207 e. The molecular weight excluding hydrogens is 237 g/mol. The third-order valence-corrected chi connectivity index (χ3v) is 2.79. The number of nitriles is 1. The summed E-state index contributed by atoms with van der Waals surface area (Å²) in [7, 11) is 0. The van der Waals surface area contributed by atoms with Crippen LogP contribution in [0, 0.1) is 17.1 Å². The summed E-state index contributed by atoms with van der Waals surface area (Å²) in [5.41, 5.74) is 1.62. The molecule has 0 radical (unpaired) electrons. The molecule has 1 atom stereocenters. The van der Waals surface area contributed by atoms with Gasteiger partial charge in [0.05, 0.1) is 12.0 Å². The van der Waals surface area contributed by atoms with Crippen molar-refractivity contribution in [3.63, 3.8) is 0 Å². The fourth-order valence-corrected chi connectivity index (χ4v) is 1.78. The van der Waals surface area contributed by atoms with E-state index in [4.69, 9.17) is 11.6 Å². The average molecular weight is 246 g/mol. The second-order valence-corrected chi connectivity index (χ2v) is 4.10. The quantitative estimate of drug-likeness (QED) is 0.780. The predicted octanol–water partition coefficient (Wildman–Crippen LogP) is 4.13. The SMILES string of the molecule is N#CC(c1ccc(F)cc1)c1ccc(Cl)cc1. The fraction of sp³-hybridized carbons (Fsp3) is 0.0714. The average Bonchev–Trinajstić information content (AvgIpc) is 2.35. The van der Waals surface area contributed by atoms with E-state index in [-0.39, 0.29) is 5.82 Å². The molecule has 0 saturated heterocycles. The lowest BCUT2D eigenvalue weighted by Crippen LogP contribution is -1.97. The molecule has 84 valence electrons. The lowest BCUT2D eigenvalue weighted by atomic mass is 9.93. The predicted molar refractivity (Wildman–Crippen MR) is 65.3 cm³/mol. The number of hydrogen-bond acceptors (Lipinski definition) is 1. The van der Waals surface area contributed by atoms with Crippen molar-refractivity contribution in [2.24, 2.45) is 0 Å². The lowest BCUT2D eigenvalue weighted by molar-refractivity contribution is 0.627. The summed E-state index contributed by atoms with van der Waals surface area (Å²) in [5, 5.41) is 9.82. The first kappa shape index (κ1) is 11.6. The van der Waals surface area contributed by atoms with Crippen molar-refractivity contribution < 1.29 is 4.39 Å². The highest BCUT2D eigenvalue weighted by Gasteiger charge is 2.12. The second kappa shape index (κ2) is 4.99. The molecule has 0 aliphatic carbocycles. The van der Waals surface area contributed by atoms with Crippen LogP contribution >= 0.6 is 11.6 Å². The molecule has 1 unspecified atom stereocenters. The van der Waals surface area contributed by atoms with Gasteiger partial charge in [-0.3, -0.25) is 0 Å². The van der Waals surface area contributed by atoms with Gasteiger partial charge in [0.2, 0.25) is 0 Å². The minimum atomic E-state index is -0.395. The molecule has 0 bridgehead atoms. The van der Waals surface area contributed by atoms with E-state index in [2.05, 4.69) is 6.07 Å². The first-order valence-electron chi connectivity index (χ1n) is 5.11. The molecule has 0 heterocycles. The van der Waals surface area contributed by atoms with Gasteiger partial charge in [-0.15, -0.1) is 0 Å². The van der Waals surface area contributed by atoms with E-state index >= 15 is 0 Å². The van der Waals surface area contributed by atoms with Gasteiger partial charge in [-0.25, -0.2) is 4.39 Å². The van der Waals surface area contributed by atoms with E-state index in [1.807, 2.05) is 0 Å². The Morgan fingerprint density at radius 1 is 0.941 bits per heavy atom. The zero-order chi connectivity index (χ0) is 12.3. The van der Waals surface area contributed by atoms with E-state index in [1.165, 1.54) is 12.1 Å². The summed E-state index contributed by atoms with van der Waals surface area (Å²) in [6.07, 6.45) is 0. The molecule has 1 nitrogen and oxygen atoms in total. The number of hydrogen-bond donors (Lipinski definition) is 0. The smallest absolute Gasteiger partial charge is 0.123 e. The Bertz CT molecular complexity index is 494. The van der Waals surface area contributed by atoms with Crippen LogP contribution in [0.5, 0.6) is 0 Å². The van der Waals surface area contributed by atoms with Crippen LogP contribution in [-0.4, -0.2) is 0 Å². The van der Waals surface area contributed by atoms with Crippen molar-refractivity contribution in [1.82, 2.24) is 0 Å². The monoisotopic (exact) mass is 245 g/mol. The van der Waals surface area contributed by atoms with Crippen molar-refractivity contribution in [3.05, 3.63) is 70.5 Å². The Morgan fingerprint density at radius 3 is 1.88 bits per heavy atom. The zero-order valence-electron chi connectivity index (χ0n) is 8.90. The summed E-state index contributed by atoms with van der Waals surface area (Å²) >= 11 is 5.79. The maximum atomic E-state index is 12.8. The molecule has 0 spiro atoms. The topological polar surface area (TPSA) is 23.8 Å². The van der Waals surface area contributed by atoms with Crippen molar-refractivity contribution in [2.45, 2.75) is 5.92 Å². The Labute approximate surface area is 104 Å². The summed E-state index contributed by atoms with van der Waals surface area (Å²) in [6.45, 7) is 0. The molecule has 0 fully saturated rings. The molecule has 0 aliphatic heterocycles. The molecule has 2 aromatic rings. The molecule has 0 N–H and O–H groups in total. The second-order valence-electron chi connectivity index (χ2n) is 3.67. The third-order valence-electron chi connectivity index (χ3n) is 2.54. The minimum Gasteiger partial charge on any atom is -0.207 e. The number of nitrogens with zero attached hydrogens (tertiary/aromatic N) is 1. The van der Waals surface area contributed by atoms with Crippen LogP contribution in [-0.2, 0) is 0 Å². The fourth-order valence-electron chi connectivity index (χ4n) is 1.65. The van der Waals surface area contributed by atoms with Crippen LogP contribution in [0.25, 0.3) is 0 Å². The van der Waals surface area contributed by atoms with Crippen LogP contribution in [0.2, 0.25) is 5.02 Å². The summed E-state index contributed by atoms with van der Waals surface area (Å²) in [6, 6.07) is 15.3. The van der Waals surface area contributed by atoms with Crippen LogP contribution in [0.3, 0.4) is 0 Å². The zero-order valence-corrected chi connectivity index (χ0v) is 9.66. The maximum Gasteiger partial charge on any atom is 0.123 e. The van der Waals surface area contributed by atoms with Crippen molar-refractivity contribution in [1.29, 1.82) is 5.26 Å². The molecule has 17 heavy (non-hydrogen) atoms. The normalized spacial score (nSPS) is 11.8. The molecule has 2 rings (SSSR count). The van der Waals surface area contributed by atoms with E-state index in [9.17, 15) is 9.65 Å². The van der Waals surface area contributed by atoms with Gasteiger partial charge in [-0.05, 0) is 35.4 Å².